The summed E-state index contributed by atoms with van der Waals surface area (Å²) in [7, 11) is -2.32. The number of carbonyl (C=O) groups is 3. The van der Waals surface area contributed by atoms with Gasteiger partial charge >= 0.3 is 0 Å². The number of hydrogen-bond donors (Lipinski definition) is 1. The van der Waals surface area contributed by atoms with Gasteiger partial charge in [-0.15, -0.1) is 24.5 Å². The van der Waals surface area contributed by atoms with Crippen LogP contribution in [0.15, 0.2) is 73.2 Å². The topological polar surface area (TPSA) is 145 Å². The molecule has 13 heteroatoms. The largest absolute Gasteiger partial charge is 0.496 e. The molecule has 2 aliphatic carbocycles. The number of ether oxygens (including phenoxy) is 2. The molecule has 3 heterocycles. The first-order chi connectivity index (χ1) is 30.0. The van der Waals surface area contributed by atoms with E-state index in [1.54, 1.807) is 25.0 Å². The lowest BCUT2D eigenvalue weighted by molar-refractivity contribution is -0.142. The van der Waals surface area contributed by atoms with Gasteiger partial charge in [-0.3, -0.25) is 19.1 Å². The number of nitrogens with one attached hydrogen (secondary N) is 1. The molecule has 2 saturated carbocycles. The number of sulfonamides is 1. The highest BCUT2D eigenvalue weighted by atomic mass is 32.2. The third kappa shape index (κ3) is 9.79. The first kappa shape index (κ1) is 46.1. The fourth-order valence-corrected chi connectivity index (χ4v) is 11.2. The van der Waals surface area contributed by atoms with Crippen molar-refractivity contribution in [2.45, 2.75) is 128 Å². The molecular formula is C50H62N4O7S2. The SMILES string of the molecule is C=CCCCCC[C@H](Cc1ccc(C)cc1)C(=O)N1C[C@H](Oc2cc(-c3nc(C(C)C)cs3)nc3c(C)c(OC)ccc23)C[C@H]1C(=O)C[C@]1(C(=O)NS(=O)(=O)C2(C)CC2)C[C@H]1C=C. The summed E-state index contributed by atoms with van der Waals surface area (Å²) in [6, 6.07) is 13.0. The summed E-state index contributed by atoms with van der Waals surface area (Å²) in [5, 5.41) is 3.55. The number of nitrogens with zero attached hydrogens (tertiary/aromatic N) is 3. The highest BCUT2D eigenvalue weighted by Gasteiger charge is 2.62. The molecule has 0 radical (unpaired) electrons. The van der Waals surface area contributed by atoms with E-state index in [2.05, 4.69) is 43.9 Å². The van der Waals surface area contributed by atoms with Crippen molar-refractivity contribution < 1.29 is 32.3 Å². The van der Waals surface area contributed by atoms with E-state index in [0.717, 1.165) is 58.5 Å². The molecular weight excluding hydrogens is 833 g/mol. The van der Waals surface area contributed by atoms with Gasteiger partial charge in [-0.05, 0) is 95.2 Å². The van der Waals surface area contributed by atoms with E-state index in [1.807, 2.05) is 55.6 Å². The predicted molar refractivity (Wildman–Crippen MR) is 249 cm³/mol. The number of unbranched alkanes of at least 4 members (excludes halogenated alkanes) is 3. The van der Waals surface area contributed by atoms with Crippen molar-refractivity contribution in [1.82, 2.24) is 19.6 Å². The number of carbonyl (C=O) groups excluding carboxylic acids is 3. The van der Waals surface area contributed by atoms with Gasteiger partial charge < -0.3 is 14.4 Å². The van der Waals surface area contributed by atoms with Crippen molar-refractivity contribution in [2.24, 2.45) is 17.3 Å². The van der Waals surface area contributed by atoms with Crippen LogP contribution in [0.5, 0.6) is 11.5 Å². The monoisotopic (exact) mass is 894 g/mol. The molecule has 2 aromatic heterocycles. The lowest BCUT2D eigenvalue weighted by atomic mass is 9.89. The molecule has 1 N–H and O–H groups in total. The zero-order chi connectivity index (χ0) is 45.3. The average Bonchev–Trinajstić information content (AvgIpc) is 4.04. The molecule has 7 rings (SSSR count). The third-order valence-electron chi connectivity index (χ3n) is 13.5. The number of benzene rings is 2. The lowest BCUT2D eigenvalue weighted by Gasteiger charge is -2.29. The lowest BCUT2D eigenvalue weighted by Crippen LogP contribution is -2.47. The number of allylic oxidation sites excluding steroid dienone is 2. The summed E-state index contributed by atoms with van der Waals surface area (Å²) >= 11 is 1.51. The number of aromatic nitrogens is 2. The van der Waals surface area contributed by atoms with E-state index in [-0.39, 0.29) is 42.9 Å². The molecule has 3 fully saturated rings. The van der Waals surface area contributed by atoms with E-state index >= 15 is 4.79 Å². The standard InChI is InChI=1S/C50H62N4O7S2/c1-9-11-12-13-14-15-35(24-34-18-16-32(5)17-19-34)47(56)54-29-37(25-41(54)42(55)28-50(27-36(50)10-2)48(57)53-63(58,59)49(7)22-23-49)61-44-26-39(46-52-40(30-62-46)31(3)4)51-45-33(6)43(60-8)21-20-38(44)45/h9-10,16-21,26,30-31,35-37,41H,1-2,11-15,22-25,27-29H2,3-8H3,(H,53,57)/t35-,36-,37-,41+,50-/m1/s1. The Balaban J connectivity index is 1.23. The number of ketones is 1. The van der Waals surface area contributed by atoms with Crippen molar-refractivity contribution >= 4 is 49.9 Å². The number of hydrogen-bond acceptors (Lipinski definition) is 10. The van der Waals surface area contributed by atoms with Gasteiger partial charge in [0, 0.05) is 41.2 Å². The van der Waals surface area contributed by atoms with E-state index in [9.17, 15) is 18.0 Å². The first-order valence-corrected chi connectivity index (χ1v) is 24.7. The molecule has 2 aromatic carbocycles. The maximum absolute atomic E-state index is 15.1. The van der Waals surface area contributed by atoms with Crippen molar-refractivity contribution in [3.63, 3.8) is 0 Å². The summed E-state index contributed by atoms with van der Waals surface area (Å²) in [6.45, 7) is 17.7. The Bertz CT molecular complexity index is 2490. The number of rotatable bonds is 21. The highest BCUT2D eigenvalue weighted by molar-refractivity contribution is 7.91. The van der Waals surface area contributed by atoms with Gasteiger partial charge in [-0.25, -0.2) is 18.4 Å². The number of likely N-dealkylation sites (tertiary alicyclic amines) is 1. The van der Waals surface area contributed by atoms with Crippen LogP contribution in [0, 0.1) is 31.1 Å². The van der Waals surface area contributed by atoms with E-state index < -0.39 is 44.2 Å². The number of amides is 2. The highest BCUT2D eigenvalue weighted by Crippen LogP contribution is 2.57. The second-order valence-electron chi connectivity index (χ2n) is 18.6. The predicted octanol–water partition coefficient (Wildman–Crippen LogP) is 9.60. The van der Waals surface area contributed by atoms with Crippen LogP contribution in [-0.4, -0.2) is 71.4 Å². The molecule has 2 amide bonds. The molecule has 3 aliphatic rings. The zero-order valence-corrected chi connectivity index (χ0v) is 39.2. The Morgan fingerprint density at radius 3 is 2.41 bits per heavy atom. The number of thiazole rings is 1. The Morgan fingerprint density at radius 1 is 1.03 bits per heavy atom. The maximum atomic E-state index is 15.1. The van der Waals surface area contributed by atoms with Crippen LogP contribution < -0.4 is 14.2 Å². The van der Waals surface area contributed by atoms with Gasteiger partial charge in [0.05, 0.1) is 41.1 Å². The van der Waals surface area contributed by atoms with Gasteiger partial charge in [0.15, 0.2) is 5.78 Å². The van der Waals surface area contributed by atoms with E-state index in [1.165, 1.54) is 11.3 Å². The number of Topliss-reactive ketones (excluding diaryl/α,β-unsaturated/α-hetero) is 1. The molecule has 0 spiro atoms. The Kier molecular flexibility index (Phi) is 13.7. The second-order valence-corrected chi connectivity index (χ2v) is 21.6. The fourth-order valence-electron chi connectivity index (χ4n) is 8.91. The van der Waals surface area contributed by atoms with Crippen LogP contribution in [0.1, 0.15) is 113 Å². The van der Waals surface area contributed by atoms with Gasteiger partial charge in [0.25, 0.3) is 0 Å². The minimum absolute atomic E-state index is 0.132. The minimum atomic E-state index is -3.95. The molecule has 336 valence electrons. The van der Waals surface area contributed by atoms with Crippen LogP contribution >= 0.6 is 11.3 Å². The summed E-state index contributed by atoms with van der Waals surface area (Å²) in [5.41, 5.74) is 4.04. The molecule has 11 nitrogen and oxygen atoms in total. The fraction of sp³-hybridized carbons (Fsp3) is 0.500. The molecule has 63 heavy (non-hydrogen) atoms. The van der Waals surface area contributed by atoms with Gasteiger partial charge in [0.2, 0.25) is 21.8 Å². The van der Waals surface area contributed by atoms with Crippen molar-refractivity contribution in [1.29, 1.82) is 0 Å². The third-order valence-corrected chi connectivity index (χ3v) is 16.6. The normalized spacial score (nSPS) is 21.8. The summed E-state index contributed by atoms with van der Waals surface area (Å²) in [4.78, 5) is 55.6. The van der Waals surface area contributed by atoms with Gasteiger partial charge in [-0.2, -0.15) is 0 Å². The van der Waals surface area contributed by atoms with Crippen molar-refractivity contribution in [2.75, 3.05) is 13.7 Å². The molecule has 0 bridgehead atoms. The van der Waals surface area contributed by atoms with Crippen molar-refractivity contribution in [3.8, 4) is 22.2 Å². The molecule has 1 saturated heterocycles. The van der Waals surface area contributed by atoms with E-state index in [4.69, 9.17) is 19.4 Å². The second kappa shape index (κ2) is 18.7. The maximum Gasteiger partial charge on any atom is 0.240 e. The van der Waals surface area contributed by atoms with Crippen molar-refractivity contribution in [3.05, 3.63) is 95.5 Å². The van der Waals surface area contributed by atoms with Crippen LogP contribution in [0.2, 0.25) is 0 Å². The average molecular weight is 895 g/mol. The summed E-state index contributed by atoms with van der Waals surface area (Å²) in [5.74, 6) is -0.426. The quantitative estimate of drug-likeness (QED) is 0.0639. The number of methoxy groups -OCH3 is 1. The molecule has 1 aliphatic heterocycles. The van der Waals surface area contributed by atoms with Crippen LogP contribution in [0.4, 0.5) is 0 Å². The van der Waals surface area contributed by atoms with Crippen LogP contribution in [-0.2, 0) is 30.8 Å². The van der Waals surface area contributed by atoms with Gasteiger partial charge in [0.1, 0.15) is 28.3 Å². The zero-order valence-electron chi connectivity index (χ0n) is 37.6. The van der Waals surface area contributed by atoms with Gasteiger partial charge in [-0.1, -0.05) is 68.7 Å². The Labute approximate surface area is 376 Å². The first-order valence-electron chi connectivity index (χ1n) is 22.3. The van der Waals surface area contributed by atoms with Crippen LogP contribution in [0.3, 0.4) is 0 Å². The van der Waals surface area contributed by atoms with E-state index in [0.29, 0.717) is 54.8 Å². The Morgan fingerprint density at radius 2 is 1.78 bits per heavy atom. The molecule has 0 unspecified atom stereocenters. The number of pyridine rings is 1. The molecule has 5 atom stereocenters. The Hall–Kier alpha value is -4.88. The smallest absolute Gasteiger partial charge is 0.240 e. The number of fused-ring (bicyclic) bond motifs is 1. The van der Waals surface area contributed by atoms with Crippen LogP contribution in [0.25, 0.3) is 21.6 Å². The number of aryl methyl sites for hydroxylation is 2. The molecule has 4 aromatic rings. The minimum Gasteiger partial charge on any atom is -0.496 e. The summed E-state index contributed by atoms with van der Waals surface area (Å²) in [6.07, 6.45) is 8.96. The summed E-state index contributed by atoms with van der Waals surface area (Å²) < 4.78 is 40.5.